The number of oxazole rings is 1. The van der Waals surface area contributed by atoms with Crippen LogP contribution >= 0.6 is 0 Å². The molecule has 0 bridgehead atoms. The van der Waals surface area contributed by atoms with Crippen LogP contribution < -0.4 is 11.1 Å². The second kappa shape index (κ2) is 7.73. The highest BCUT2D eigenvalue weighted by molar-refractivity contribution is 5.83. The summed E-state index contributed by atoms with van der Waals surface area (Å²) in [5, 5.41) is 2.61. The van der Waals surface area contributed by atoms with Crippen molar-refractivity contribution in [1.29, 1.82) is 0 Å². The maximum absolute atomic E-state index is 12.0. The minimum absolute atomic E-state index is 0.0563. The fourth-order valence-electron chi connectivity index (χ4n) is 2.47. The van der Waals surface area contributed by atoms with E-state index in [0.29, 0.717) is 16.9 Å². The van der Waals surface area contributed by atoms with Crippen molar-refractivity contribution in [2.24, 2.45) is 0 Å². The standard InChI is InChI=1S/C18H18N2O6/c1-12(17(22)19-11-13-5-4-10-24-13)25-16(21)8-9-20-14-6-2-3-7-15(14)26-18(20)23/h2-7,10,12H,8-9,11H2,1H3,(H,19,22). The SMILES string of the molecule is CC(OC(=O)CCn1c(=O)oc2ccccc21)C(=O)NCc1ccco1. The number of rotatable bonds is 7. The molecular weight excluding hydrogens is 340 g/mol. The van der Waals surface area contributed by atoms with Crippen molar-refractivity contribution in [1.82, 2.24) is 9.88 Å². The van der Waals surface area contributed by atoms with Gasteiger partial charge in [-0.3, -0.25) is 14.2 Å². The fourth-order valence-corrected chi connectivity index (χ4v) is 2.47. The summed E-state index contributed by atoms with van der Waals surface area (Å²) in [5.41, 5.74) is 1.06. The summed E-state index contributed by atoms with van der Waals surface area (Å²) in [5.74, 6) is -0.949. The first-order valence-corrected chi connectivity index (χ1v) is 8.12. The Bertz CT molecular complexity index is 954. The smallest absolute Gasteiger partial charge is 0.419 e. The number of aryl methyl sites for hydroxylation is 1. The van der Waals surface area contributed by atoms with Crippen molar-refractivity contribution in [3.05, 3.63) is 59.0 Å². The van der Waals surface area contributed by atoms with Gasteiger partial charge in [-0.2, -0.15) is 0 Å². The normalized spacial score (nSPS) is 12.0. The first-order valence-electron chi connectivity index (χ1n) is 8.12. The summed E-state index contributed by atoms with van der Waals surface area (Å²) in [7, 11) is 0. The number of nitrogens with one attached hydrogen (secondary N) is 1. The zero-order valence-corrected chi connectivity index (χ0v) is 14.1. The van der Waals surface area contributed by atoms with Crippen LogP contribution in [0.25, 0.3) is 11.1 Å². The van der Waals surface area contributed by atoms with Crippen LogP contribution in [0, 0.1) is 0 Å². The number of nitrogens with zero attached hydrogens (tertiary/aromatic N) is 1. The predicted molar refractivity (Wildman–Crippen MR) is 91.2 cm³/mol. The van der Waals surface area contributed by atoms with Crippen LogP contribution in [0.5, 0.6) is 0 Å². The quantitative estimate of drug-likeness (QED) is 0.646. The van der Waals surface area contributed by atoms with Gasteiger partial charge in [-0.05, 0) is 31.2 Å². The number of fused-ring (bicyclic) bond motifs is 1. The molecule has 3 aromatic rings. The van der Waals surface area contributed by atoms with E-state index in [9.17, 15) is 14.4 Å². The van der Waals surface area contributed by atoms with E-state index in [0.717, 1.165) is 0 Å². The maximum Gasteiger partial charge on any atom is 0.419 e. The van der Waals surface area contributed by atoms with Crippen LogP contribution in [0.15, 0.2) is 56.3 Å². The summed E-state index contributed by atoms with van der Waals surface area (Å²) in [6, 6.07) is 10.4. The van der Waals surface area contributed by atoms with E-state index >= 15 is 0 Å². The Balaban J connectivity index is 1.51. The molecule has 0 saturated carbocycles. The molecule has 2 heterocycles. The third-order valence-electron chi connectivity index (χ3n) is 3.81. The van der Waals surface area contributed by atoms with E-state index in [1.807, 2.05) is 0 Å². The number of ether oxygens (including phenoxy) is 1. The second-order valence-electron chi connectivity index (χ2n) is 5.67. The van der Waals surface area contributed by atoms with Crippen molar-refractivity contribution in [2.45, 2.75) is 32.5 Å². The number of amides is 1. The topological polar surface area (TPSA) is 104 Å². The molecule has 0 fully saturated rings. The number of benzene rings is 1. The second-order valence-corrected chi connectivity index (χ2v) is 5.67. The van der Waals surface area contributed by atoms with Gasteiger partial charge in [-0.25, -0.2) is 4.79 Å². The Morgan fingerprint density at radius 3 is 2.81 bits per heavy atom. The molecule has 0 spiro atoms. The van der Waals surface area contributed by atoms with Crippen LogP contribution in [0.2, 0.25) is 0 Å². The Hall–Kier alpha value is -3.29. The molecule has 0 aliphatic rings. The maximum atomic E-state index is 12.0. The monoisotopic (exact) mass is 358 g/mol. The van der Waals surface area contributed by atoms with Gasteiger partial charge in [0, 0.05) is 6.54 Å². The summed E-state index contributed by atoms with van der Waals surface area (Å²) in [6.45, 7) is 1.80. The molecule has 136 valence electrons. The molecule has 1 atom stereocenters. The van der Waals surface area contributed by atoms with Crippen molar-refractivity contribution in [2.75, 3.05) is 0 Å². The van der Waals surface area contributed by atoms with Gasteiger partial charge in [0.25, 0.3) is 5.91 Å². The van der Waals surface area contributed by atoms with Gasteiger partial charge < -0.3 is 18.9 Å². The number of carbonyl (C=O) groups excluding carboxylic acids is 2. The lowest BCUT2D eigenvalue weighted by atomic mass is 10.3. The molecule has 1 N–H and O–H groups in total. The first-order chi connectivity index (χ1) is 12.5. The molecule has 1 aromatic carbocycles. The molecule has 8 nitrogen and oxygen atoms in total. The first kappa shape index (κ1) is 17.5. The summed E-state index contributed by atoms with van der Waals surface area (Å²) < 4.78 is 16.7. The summed E-state index contributed by atoms with van der Waals surface area (Å²) >= 11 is 0. The van der Waals surface area contributed by atoms with Gasteiger partial charge in [0.15, 0.2) is 11.7 Å². The molecule has 26 heavy (non-hydrogen) atoms. The highest BCUT2D eigenvalue weighted by Crippen LogP contribution is 2.12. The lowest BCUT2D eigenvalue weighted by molar-refractivity contribution is -0.155. The zero-order valence-electron chi connectivity index (χ0n) is 14.1. The molecule has 3 rings (SSSR count). The number of hydrogen-bond donors (Lipinski definition) is 1. The van der Waals surface area contributed by atoms with Gasteiger partial charge in [-0.15, -0.1) is 0 Å². The molecule has 1 unspecified atom stereocenters. The number of carbonyl (C=O) groups is 2. The van der Waals surface area contributed by atoms with Crippen LogP contribution in [0.4, 0.5) is 0 Å². The fraction of sp³-hybridized carbons (Fsp3) is 0.278. The Morgan fingerprint density at radius 2 is 2.04 bits per heavy atom. The molecule has 1 amide bonds. The Morgan fingerprint density at radius 1 is 1.23 bits per heavy atom. The highest BCUT2D eigenvalue weighted by atomic mass is 16.5. The predicted octanol–water partition coefficient (Wildman–Crippen LogP) is 1.83. The molecule has 0 radical (unpaired) electrons. The van der Waals surface area contributed by atoms with Crippen molar-refractivity contribution >= 4 is 23.0 Å². The lowest BCUT2D eigenvalue weighted by Crippen LogP contribution is -2.35. The Labute approximate surface area is 148 Å². The van der Waals surface area contributed by atoms with E-state index in [-0.39, 0.29) is 19.5 Å². The van der Waals surface area contributed by atoms with Crippen molar-refractivity contribution in [3.63, 3.8) is 0 Å². The summed E-state index contributed by atoms with van der Waals surface area (Å²) in [6.07, 6.45) is 0.501. The van der Waals surface area contributed by atoms with Crippen molar-refractivity contribution < 1.29 is 23.2 Å². The van der Waals surface area contributed by atoms with E-state index in [1.165, 1.54) is 17.8 Å². The van der Waals surface area contributed by atoms with Gasteiger partial charge in [0.1, 0.15) is 5.76 Å². The van der Waals surface area contributed by atoms with Gasteiger partial charge in [0.05, 0.1) is 24.7 Å². The molecule has 2 aromatic heterocycles. The van der Waals surface area contributed by atoms with Gasteiger partial charge in [0.2, 0.25) is 0 Å². The molecule has 8 heteroatoms. The minimum atomic E-state index is -0.949. The molecule has 0 aliphatic carbocycles. The van der Waals surface area contributed by atoms with E-state index in [4.69, 9.17) is 13.6 Å². The lowest BCUT2D eigenvalue weighted by Gasteiger charge is -2.13. The number of aromatic nitrogens is 1. The van der Waals surface area contributed by atoms with Gasteiger partial charge in [-0.1, -0.05) is 12.1 Å². The number of hydrogen-bond acceptors (Lipinski definition) is 6. The van der Waals surface area contributed by atoms with Crippen LogP contribution in [-0.4, -0.2) is 22.5 Å². The molecule has 0 saturated heterocycles. The van der Waals surface area contributed by atoms with E-state index in [2.05, 4.69) is 5.32 Å². The number of furan rings is 1. The van der Waals surface area contributed by atoms with Crippen LogP contribution in [-0.2, 0) is 27.4 Å². The minimum Gasteiger partial charge on any atom is -0.467 e. The van der Waals surface area contributed by atoms with E-state index < -0.39 is 23.7 Å². The largest absolute Gasteiger partial charge is 0.467 e. The molecular formula is C18H18N2O6. The van der Waals surface area contributed by atoms with Crippen LogP contribution in [0.3, 0.4) is 0 Å². The average molecular weight is 358 g/mol. The average Bonchev–Trinajstić information content (AvgIpc) is 3.24. The molecule has 0 aliphatic heterocycles. The van der Waals surface area contributed by atoms with Crippen molar-refractivity contribution in [3.8, 4) is 0 Å². The Kier molecular flexibility index (Phi) is 5.21. The number of para-hydroxylation sites is 2. The third-order valence-corrected chi connectivity index (χ3v) is 3.81. The third kappa shape index (κ3) is 4.02. The van der Waals surface area contributed by atoms with E-state index in [1.54, 1.807) is 36.4 Å². The van der Waals surface area contributed by atoms with Crippen LogP contribution in [0.1, 0.15) is 19.1 Å². The highest BCUT2D eigenvalue weighted by Gasteiger charge is 2.18. The number of esters is 1. The van der Waals surface area contributed by atoms with Gasteiger partial charge >= 0.3 is 11.7 Å². The zero-order chi connectivity index (χ0) is 18.5. The summed E-state index contributed by atoms with van der Waals surface area (Å²) in [4.78, 5) is 35.8.